The molecule has 0 aromatic heterocycles. The lowest BCUT2D eigenvalue weighted by atomic mass is 10.2. The molecule has 3 nitrogen and oxygen atoms in total. The normalized spacial score (nSPS) is 18.6. The van der Waals surface area contributed by atoms with Crippen molar-refractivity contribution in [1.82, 2.24) is 5.32 Å². The van der Waals surface area contributed by atoms with Gasteiger partial charge in [0.15, 0.2) is 0 Å². The van der Waals surface area contributed by atoms with Gasteiger partial charge in [0.25, 0.3) is 5.91 Å². The molecule has 0 saturated carbocycles. The van der Waals surface area contributed by atoms with Crippen molar-refractivity contribution in [2.75, 3.05) is 5.88 Å². The molecule has 1 amide bonds. The number of amides is 1. The predicted molar refractivity (Wildman–Crippen MR) is 56.7 cm³/mol. The molecular weight excluding hydrogens is 198 g/mol. The van der Waals surface area contributed by atoms with Crippen molar-refractivity contribution >= 4 is 23.7 Å². The van der Waals surface area contributed by atoms with Gasteiger partial charge in [-0.3, -0.25) is 4.79 Å². The summed E-state index contributed by atoms with van der Waals surface area (Å²) in [7, 11) is 0. The molecule has 4 heteroatoms. The number of hydrogen-bond acceptors (Lipinski definition) is 3. The van der Waals surface area contributed by atoms with Crippen molar-refractivity contribution in [1.29, 1.82) is 0 Å². The van der Waals surface area contributed by atoms with Gasteiger partial charge in [-0.2, -0.15) is 0 Å². The van der Waals surface area contributed by atoms with Gasteiger partial charge >= 0.3 is 0 Å². The van der Waals surface area contributed by atoms with Gasteiger partial charge in [-0.1, -0.05) is 30.0 Å². The van der Waals surface area contributed by atoms with Gasteiger partial charge < -0.3 is 10.4 Å². The number of carbonyl (C=O) groups is 1. The number of rotatable bonds is 1. The summed E-state index contributed by atoms with van der Waals surface area (Å²) in [5.41, 5.74) is 0.673. The number of carbonyl (C=O) groups excluding carboxylic acids is 1. The summed E-state index contributed by atoms with van der Waals surface area (Å²) >= 11 is 1.44. The van der Waals surface area contributed by atoms with Gasteiger partial charge in [-0.05, 0) is 12.1 Å². The van der Waals surface area contributed by atoms with Crippen molar-refractivity contribution in [3.8, 4) is 5.75 Å². The van der Waals surface area contributed by atoms with Gasteiger partial charge in [0.1, 0.15) is 5.75 Å². The van der Waals surface area contributed by atoms with Crippen LogP contribution in [-0.4, -0.2) is 16.9 Å². The Morgan fingerprint density at radius 2 is 2.21 bits per heavy atom. The molecule has 14 heavy (non-hydrogen) atoms. The lowest BCUT2D eigenvalue weighted by molar-refractivity contribution is -0.116. The van der Waals surface area contributed by atoms with Crippen LogP contribution in [0.25, 0.3) is 6.08 Å². The minimum atomic E-state index is -0.0711. The molecule has 0 atom stereocenters. The molecule has 1 aliphatic rings. The number of phenolic OH excluding ortho intramolecular Hbond substituents is 1. The van der Waals surface area contributed by atoms with Crippen LogP contribution in [0.3, 0.4) is 0 Å². The molecule has 1 aromatic carbocycles. The van der Waals surface area contributed by atoms with E-state index in [0.29, 0.717) is 16.3 Å². The summed E-state index contributed by atoms with van der Waals surface area (Å²) in [6.45, 7) is 0. The van der Waals surface area contributed by atoms with E-state index in [2.05, 4.69) is 5.32 Å². The van der Waals surface area contributed by atoms with Gasteiger partial charge in [-0.15, -0.1) is 0 Å². The number of nitrogens with one attached hydrogen (secondary N) is 1. The second-order valence-electron chi connectivity index (χ2n) is 2.86. The highest BCUT2D eigenvalue weighted by molar-refractivity contribution is 8.04. The topological polar surface area (TPSA) is 49.3 Å². The fourth-order valence-corrected chi connectivity index (χ4v) is 1.96. The lowest BCUT2D eigenvalue weighted by Crippen LogP contribution is -2.13. The van der Waals surface area contributed by atoms with Crippen LogP contribution in [0.2, 0.25) is 0 Å². The van der Waals surface area contributed by atoms with Crippen LogP contribution in [0.1, 0.15) is 5.56 Å². The molecule has 1 aromatic rings. The minimum Gasteiger partial charge on any atom is -0.507 e. The number of aromatic hydroxyl groups is 1. The van der Waals surface area contributed by atoms with Crippen molar-refractivity contribution in [3.63, 3.8) is 0 Å². The van der Waals surface area contributed by atoms with Crippen LogP contribution in [0.5, 0.6) is 5.75 Å². The van der Waals surface area contributed by atoms with Crippen molar-refractivity contribution in [2.45, 2.75) is 0 Å². The van der Waals surface area contributed by atoms with Gasteiger partial charge in [0, 0.05) is 5.56 Å². The molecule has 2 rings (SSSR count). The highest BCUT2D eigenvalue weighted by Crippen LogP contribution is 2.26. The van der Waals surface area contributed by atoms with Crippen LogP contribution < -0.4 is 5.32 Å². The smallest absolute Gasteiger partial charge is 0.258 e. The zero-order valence-corrected chi connectivity index (χ0v) is 8.17. The summed E-state index contributed by atoms with van der Waals surface area (Å²) in [6.07, 6.45) is 1.70. The first-order chi connectivity index (χ1) is 6.77. The Kier molecular flexibility index (Phi) is 2.45. The number of phenols is 1. The number of thioether (sulfide) groups is 1. The molecule has 1 heterocycles. The summed E-state index contributed by atoms with van der Waals surface area (Å²) in [5, 5.41) is 12.2. The number of benzene rings is 1. The second-order valence-corrected chi connectivity index (χ2v) is 3.88. The SMILES string of the molecule is O=C1NCSC1=Cc1ccccc1O. The van der Waals surface area contributed by atoms with E-state index < -0.39 is 0 Å². The summed E-state index contributed by atoms with van der Waals surface area (Å²) in [6, 6.07) is 6.95. The highest BCUT2D eigenvalue weighted by atomic mass is 32.2. The van der Waals surface area contributed by atoms with Crippen LogP contribution >= 0.6 is 11.8 Å². The van der Waals surface area contributed by atoms with E-state index in [9.17, 15) is 9.90 Å². The van der Waals surface area contributed by atoms with E-state index in [0.717, 1.165) is 0 Å². The maximum absolute atomic E-state index is 11.2. The van der Waals surface area contributed by atoms with Crippen molar-refractivity contribution in [3.05, 3.63) is 34.7 Å². The Morgan fingerprint density at radius 1 is 1.43 bits per heavy atom. The summed E-state index contributed by atoms with van der Waals surface area (Å²) in [5.74, 6) is 0.733. The van der Waals surface area contributed by atoms with Crippen molar-refractivity contribution < 1.29 is 9.90 Å². The molecule has 1 fully saturated rings. The maximum Gasteiger partial charge on any atom is 0.258 e. The zero-order valence-electron chi connectivity index (χ0n) is 7.36. The average Bonchev–Trinajstić information content (AvgIpc) is 2.56. The monoisotopic (exact) mass is 207 g/mol. The van der Waals surface area contributed by atoms with Gasteiger partial charge in [0.2, 0.25) is 0 Å². The van der Waals surface area contributed by atoms with Crippen LogP contribution in [0, 0.1) is 0 Å². The fourth-order valence-electron chi connectivity index (χ4n) is 1.19. The van der Waals surface area contributed by atoms with E-state index in [1.165, 1.54) is 11.8 Å². The molecule has 0 radical (unpaired) electrons. The van der Waals surface area contributed by atoms with Gasteiger partial charge in [-0.25, -0.2) is 0 Å². The molecule has 1 saturated heterocycles. The first-order valence-corrected chi connectivity index (χ1v) is 5.16. The largest absolute Gasteiger partial charge is 0.507 e. The Bertz CT molecular complexity index is 401. The Labute approximate surface area is 85.8 Å². The number of para-hydroxylation sites is 1. The zero-order chi connectivity index (χ0) is 9.97. The van der Waals surface area contributed by atoms with Crippen LogP contribution in [-0.2, 0) is 4.79 Å². The highest BCUT2D eigenvalue weighted by Gasteiger charge is 2.16. The molecule has 0 unspecified atom stereocenters. The van der Waals surface area contributed by atoms with E-state index in [-0.39, 0.29) is 11.7 Å². The summed E-state index contributed by atoms with van der Waals surface area (Å²) in [4.78, 5) is 11.9. The van der Waals surface area contributed by atoms with E-state index in [1.54, 1.807) is 24.3 Å². The third kappa shape index (κ3) is 1.75. The maximum atomic E-state index is 11.2. The van der Waals surface area contributed by atoms with E-state index in [4.69, 9.17) is 0 Å². The minimum absolute atomic E-state index is 0.0711. The standard InChI is InChI=1S/C10H9NO2S/c12-8-4-2-1-3-7(8)5-9-10(13)11-6-14-9/h1-5,12H,6H2,(H,11,13). The molecule has 0 bridgehead atoms. The fraction of sp³-hybridized carbons (Fsp3) is 0.100. The first kappa shape index (κ1) is 9.15. The molecule has 0 spiro atoms. The predicted octanol–water partition coefficient (Wildman–Crippen LogP) is 1.55. The lowest BCUT2D eigenvalue weighted by Gasteiger charge is -1.98. The third-order valence-electron chi connectivity index (χ3n) is 1.91. The first-order valence-electron chi connectivity index (χ1n) is 4.18. The second kappa shape index (κ2) is 3.75. The van der Waals surface area contributed by atoms with E-state index >= 15 is 0 Å². The number of hydrogen-bond donors (Lipinski definition) is 2. The van der Waals surface area contributed by atoms with E-state index in [1.807, 2.05) is 6.07 Å². The van der Waals surface area contributed by atoms with Crippen LogP contribution in [0.15, 0.2) is 29.2 Å². The Hall–Kier alpha value is -1.42. The Morgan fingerprint density at radius 3 is 2.86 bits per heavy atom. The quantitative estimate of drug-likeness (QED) is 0.687. The third-order valence-corrected chi connectivity index (χ3v) is 2.81. The molecule has 2 N–H and O–H groups in total. The molecule has 1 aliphatic heterocycles. The van der Waals surface area contributed by atoms with Gasteiger partial charge in [0.05, 0.1) is 10.8 Å². The molecule has 72 valence electrons. The average molecular weight is 207 g/mol. The molecule has 0 aliphatic carbocycles. The van der Waals surface area contributed by atoms with Crippen LogP contribution in [0.4, 0.5) is 0 Å². The Balaban J connectivity index is 2.33. The summed E-state index contributed by atoms with van der Waals surface area (Å²) < 4.78 is 0. The molecular formula is C10H9NO2S. The van der Waals surface area contributed by atoms with Crippen molar-refractivity contribution in [2.24, 2.45) is 0 Å².